The summed E-state index contributed by atoms with van der Waals surface area (Å²) >= 11 is 0. The lowest BCUT2D eigenvalue weighted by molar-refractivity contribution is -0.138. The Morgan fingerprint density at radius 3 is 2.13 bits per heavy atom. The maximum Gasteiger partial charge on any atom is 0.418 e. The number of nitrogens with zero attached hydrogens (tertiary/aromatic N) is 2. The Kier molecular flexibility index (Phi) is 8.43. The van der Waals surface area contributed by atoms with Crippen molar-refractivity contribution in [2.75, 3.05) is 5.73 Å². The quantitative estimate of drug-likeness (QED) is 0.823. The zero-order valence-corrected chi connectivity index (χ0v) is 14.6. The van der Waals surface area contributed by atoms with Gasteiger partial charge in [0.05, 0.1) is 12.1 Å². The van der Waals surface area contributed by atoms with E-state index in [2.05, 4.69) is 4.98 Å². The summed E-state index contributed by atoms with van der Waals surface area (Å²) in [5.74, 6) is 0.335. The van der Waals surface area contributed by atoms with Crippen molar-refractivity contribution in [1.82, 2.24) is 9.55 Å². The minimum absolute atomic E-state index is 0.245. The van der Waals surface area contributed by atoms with E-state index < -0.39 is 11.7 Å². The summed E-state index contributed by atoms with van der Waals surface area (Å²) in [6, 6.07) is 3.46. The molecule has 0 fully saturated rings. The van der Waals surface area contributed by atoms with Crippen LogP contribution >= 0.6 is 0 Å². The first-order chi connectivity index (χ1) is 10.8. The van der Waals surface area contributed by atoms with Gasteiger partial charge in [0.25, 0.3) is 0 Å². The molecule has 0 aromatic carbocycles. The van der Waals surface area contributed by atoms with Gasteiger partial charge in [-0.3, -0.25) is 0 Å². The Morgan fingerprint density at radius 2 is 1.70 bits per heavy atom. The first-order valence-corrected chi connectivity index (χ1v) is 7.73. The molecule has 0 unspecified atom stereocenters. The number of pyridine rings is 1. The van der Waals surface area contributed by atoms with Crippen molar-refractivity contribution in [2.24, 2.45) is 0 Å². The molecule has 0 aliphatic carbocycles. The molecule has 0 saturated carbocycles. The fourth-order valence-electron chi connectivity index (χ4n) is 1.98. The van der Waals surface area contributed by atoms with Crippen LogP contribution in [-0.2, 0) is 12.7 Å². The Bertz CT molecular complexity index is 602. The van der Waals surface area contributed by atoms with E-state index in [4.69, 9.17) is 5.73 Å². The highest BCUT2D eigenvalue weighted by Crippen LogP contribution is 2.34. The Balaban J connectivity index is 0.00000112. The van der Waals surface area contributed by atoms with Crippen molar-refractivity contribution in [3.63, 3.8) is 0 Å². The molecule has 0 aliphatic heterocycles. The molecule has 2 aromatic heterocycles. The summed E-state index contributed by atoms with van der Waals surface area (Å²) in [5, 5.41) is 0. The maximum atomic E-state index is 12.8. The van der Waals surface area contributed by atoms with E-state index in [-0.39, 0.29) is 12.1 Å². The second kappa shape index (κ2) is 9.22. The summed E-state index contributed by atoms with van der Waals surface area (Å²) in [5.41, 5.74) is 6.63. The van der Waals surface area contributed by atoms with E-state index in [0.717, 1.165) is 6.20 Å². The number of hydrogen-bond donors (Lipinski definition) is 1. The number of nitrogens with two attached hydrogens (primary N) is 1. The average molecular weight is 329 g/mol. The van der Waals surface area contributed by atoms with E-state index >= 15 is 0 Å². The van der Waals surface area contributed by atoms with Gasteiger partial charge in [-0.25, -0.2) is 4.98 Å². The lowest BCUT2D eigenvalue weighted by Gasteiger charge is -2.08. The van der Waals surface area contributed by atoms with Crippen LogP contribution in [0.15, 0.2) is 24.5 Å². The third kappa shape index (κ3) is 5.30. The van der Waals surface area contributed by atoms with Gasteiger partial charge in [0.2, 0.25) is 0 Å². The molecule has 2 aromatic rings. The summed E-state index contributed by atoms with van der Waals surface area (Å²) in [6.45, 7) is 11.4. The predicted octanol–water partition coefficient (Wildman–Crippen LogP) is 5.20. The highest BCUT2D eigenvalue weighted by molar-refractivity contribution is 5.40. The Morgan fingerprint density at radius 1 is 1.13 bits per heavy atom. The molecule has 23 heavy (non-hydrogen) atoms. The topological polar surface area (TPSA) is 43.8 Å². The van der Waals surface area contributed by atoms with Crippen LogP contribution in [-0.4, -0.2) is 9.55 Å². The van der Waals surface area contributed by atoms with Crippen LogP contribution in [0.25, 0.3) is 0 Å². The normalized spacial score (nSPS) is 10.3. The predicted molar refractivity (Wildman–Crippen MR) is 89.4 cm³/mol. The monoisotopic (exact) mass is 329 g/mol. The molecule has 0 bridgehead atoms. The maximum absolute atomic E-state index is 12.8. The molecule has 0 radical (unpaired) electrons. The van der Waals surface area contributed by atoms with Crippen molar-refractivity contribution in [2.45, 2.75) is 54.3 Å². The zero-order valence-electron chi connectivity index (χ0n) is 14.6. The summed E-state index contributed by atoms with van der Waals surface area (Å²) < 4.78 is 40.0. The third-order valence-electron chi connectivity index (χ3n) is 3.23. The minimum atomic E-state index is -4.33. The molecule has 130 valence electrons. The van der Waals surface area contributed by atoms with Gasteiger partial charge in [-0.05, 0) is 25.5 Å². The van der Waals surface area contributed by atoms with Crippen LogP contribution in [0.3, 0.4) is 0 Å². The first kappa shape index (κ1) is 21.0. The molecule has 2 N–H and O–H groups in total. The van der Waals surface area contributed by atoms with Gasteiger partial charge in [0.1, 0.15) is 5.82 Å². The van der Waals surface area contributed by atoms with E-state index in [0.29, 0.717) is 17.1 Å². The fraction of sp³-hybridized carbons (Fsp3) is 0.471. The van der Waals surface area contributed by atoms with Crippen LogP contribution in [0.2, 0.25) is 0 Å². The van der Waals surface area contributed by atoms with E-state index in [1.54, 1.807) is 29.8 Å². The van der Waals surface area contributed by atoms with Crippen LogP contribution in [0, 0.1) is 13.8 Å². The number of aromatic nitrogens is 2. The number of halogens is 3. The van der Waals surface area contributed by atoms with Crippen molar-refractivity contribution < 1.29 is 13.2 Å². The molecule has 3 nitrogen and oxygen atoms in total. The third-order valence-corrected chi connectivity index (χ3v) is 3.23. The van der Waals surface area contributed by atoms with E-state index in [9.17, 15) is 13.2 Å². The van der Waals surface area contributed by atoms with Crippen molar-refractivity contribution in [1.29, 1.82) is 0 Å². The molecular weight excluding hydrogens is 303 g/mol. The molecule has 2 rings (SSSR count). The zero-order chi connectivity index (χ0) is 18.2. The largest absolute Gasteiger partial charge is 0.418 e. The Labute approximate surface area is 136 Å². The van der Waals surface area contributed by atoms with Crippen LogP contribution < -0.4 is 5.73 Å². The molecule has 0 atom stereocenters. The molecular formula is C17H26F3N3. The Hall–Kier alpha value is -1.98. The van der Waals surface area contributed by atoms with Crippen LogP contribution in [0.1, 0.15) is 50.1 Å². The number of nitrogen functional groups attached to an aromatic ring is 1. The average Bonchev–Trinajstić information content (AvgIpc) is 2.82. The lowest BCUT2D eigenvalue weighted by Crippen LogP contribution is -2.06. The molecule has 0 saturated heterocycles. The SMILES string of the molecule is CC.CC.Cc1c(C(F)(F)F)cn(Cc2cccnc2N)c1C. The van der Waals surface area contributed by atoms with Gasteiger partial charge in [-0.2, -0.15) is 13.2 Å². The minimum Gasteiger partial charge on any atom is -0.383 e. The van der Waals surface area contributed by atoms with Crippen LogP contribution in [0.5, 0.6) is 0 Å². The molecule has 0 aliphatic rings. The first-order valence-electron chi connectivity index (χ1n) is 7.73. The van der Waals surface area contributed by atoms with Gasteiger partial charge in [0.15, 0.2) is 0 Å². The van der Waals surface area contributed by atoms with E-state index in [1.165, 1.54) is 6.92 Å². The van der Waals surface area contributed by atoms with Gasteiger partial charge in [0, 0.05) is 23.7 Å². The number of hydrogen-bond acceptors (Lipinski definition) is 2. The summed E-state index contributed by atoms with van der Waals surface area (Å²) in [6.07, 6.45) is -1.66. The molecule has 6 heteroatoms. The van der Waals surface area contributed by atoms with Crippen molar-refractivity contribution in [3.05, 3.63) is 46.9 Å². The van der Waals surface area contributed by atoms with Gasteiger partial charge in [-0.15, -0.1) is 0 Å². The highest BCUT2D eigenvalue weighted by Gasteiger charge is 2.34. The lowest BCUT2D eigenvalue weighted by atomic mass is 10.2. The van der Waals surface area contributed by atoms with Crippen molar-refractivity contribution >= 4 is 5.82 Å². The van der Waals surface area contributed by atoms with Gasteiger partial charge < -0.3 is 10.3 Å². The second-order valence-corrected chi connectivity index (χ2v) is 4.43. The summed E-state index contributed by atoms with van der Waals surface area (Å²) in [4.78, 5) is 3.93. The van der Waals surface area contributed by atoms with Gasteiger partial charge >= 0.3 is 6.18 Å². The number of anilines is 1. The highest BCUT2D eigenvalue weighted by atomic mass is 19.4. The van der Waals surface area contributed by atoms with Crippen LogP contribution in [0.4, 0.5) is 19.0 Å². The fourth-order valence-corrected chi connectivity index (χ4v) is 1.98. The van der Waals surface area contributed by atoms with E-state index in [1.807, 2.05) is 27.7 Å². The van der Waals surface area contributed by atoms with Crippen molar-refractivity contribution in [3.8, 4) is 0 Å². The molecule has 0 spiro atoms. The summed E-state index contributed by atoms with van der Waals surface area (Å²) in [7, 11) is 0. The second-order valence-electron chi connectivity index (χ2n) is 4.43. The van der Waals surface area contributed by atoms with Gasteiger partial charge in [-0.1, -0.05) is 33.8 Å². The molecule has 0 amide bonds. The smallest absolute Gasteiger partial charge is 0.383 e. The standard InChI is InChI=1S/C13H14F3N3.2C2H6/c1-8-9(2)19(7-11(8)13(14,15)16)6-10-4-3-5-18-12(10)17;2*1-2/h3-5,7H,6H2,1-2H3,(H2,17,18);2*1-2H3. The molecule has 2 heterocycles. The number of alkyl halides is 3. The number of rotatable bonds is 2.